The molecule has 2 amide bonds. The molecule has 1 heterocycles. The van der Waals surface area contributed by atoms with Crippen LogP contribution in [0, 0.1) is 23.7 Å². The molecular formula is C11H13NO4. The highest BCUT2D eigenvalue weighted by atomic mass is 16.4. The van der Waals surface area contributed by atoms with Gasteiger partial charge in [0.25, 0.3) is 0 Å². The molecule has 0 aromatic heterocycles. The minimum Gasteiger partial charge on any atom is -0.481 e. The number of carboxylic acid groups (broad SMARTS) is 1. The number of likely N-dealkylation sites (tertiary alicyclic amines) is 1. The standard InChI is InChI=1S/C11H13NO4/c1-5-3-4-6-8(7(5)11(15)16)10(14)12(2)9(6)13/h3-8H,1-2H3,(H,15,16)/t5-,6+,7+,8+/m1/s1. The Kier molecular flexibility index (Phi) is 2.33. The van der Waals surface area contributed by atoms with Gasteiger partial charge in [-0.3, -0.25) is 19.3 Å². The van der Waals surface area contributed by atoms with Crippen molar-refractivity contribution in [3.8, 4) is 0 Å². The fourth-order valence-corrected chi connectivity index (χ4v) is 2.56. The minimum absolute atomic E-state index is 0.220. The number of allylic oxidation sites excluding steroid dienone is 1. The molecule has 4 atom stereocenters. The topological polar surface area (TPSA) is 74.7 Å². The summed E-state index contributed by atoms with van der Waals surface area (Å²) in [6.45, 7) is 1.75. The number of rotatable bonds is 1. The predicted molar refractivity (Wildman–Crippen MR) is 54.2 cm³/mol. The van der Waals surface area contributed by atoms with Crippen LogP contribution in [0.25, 0.3) is 0 Å². The maximum atomic E-state index is 11.8. The van der Waals surface area contributed by atoms with Gasteiger partial charge in [0, 0.05) is 7.05 Å². The lowest BCUT2D eigenvalue weighted by Crippen LogP contribution is -2.38. The second kappa shape index (κ2) is 3.43. The summed E-state index contributed by atoms with van der Waals surface area (Å²) in [5.41, 5.74) is 0. The molecule has 1 N–H and O–H groups in total. The van der Waals surface area contributed by atoms with Crippen molar-refractivity contribution in [3.63, 3.8) is 0 Å². The van der Waals surface area contributed by atoms with Gasteiger partial charge in [-0.05, 0) is 5.92 Å². The zero-order chi connectivity index (χ0) is 12.0. The van der Waals surface area contributed by atoms with Crippen LogP contribution in [-0.2, 0) is 14.4 Å². The van der Waals surface area contributed by atoms with Gasteiger partial charge in [-0.2, -0.15) is 0 Å². The molecule has 1 aliphatic heterocycles. The van der Waals surface area contributed by atoms with Crippen molar-refractivity contribution in [2.24, 2.45) is 23.7 Å². The highest BCUT2D eigenvalue weighted by Crippen LogP contribution is 2.40. The lowest BCUT2D eigenvalue weighted by molar-refractivity contribution is -0.150. The number of carbonyl (C=O) groups is 3. The highest BCUT2D eigenvalue weighted by Gasteiger charge is 2.53. The van der Waals surface area contributed by atoms with E-state index in [2.05, 4.69) is 0 Å². The molecule has 0 aromatic carbocycles. The van der Waals surface area contributed by atoms with Crippen LogP contribution in [0.2, 0.25) is 0 Å². The Morgan fingerprint density at radius 3 is 2.50 bits per heavy atom. The molecule has 16 heavy (non-hydrogen) atoms. The average molecular weight is 223 g/mol. The van der Waals surface area contributed by atoms with Crippen LogP contribution >= 0.6 is 0 Å². The normalized spacial score (nSPS) is 37.8. The minimum atomic E-state index is -1.01. The van der Waals surface area contributed by atoms with Crippen molar-refractivity contribution < 1.29 is 19.5 Å². The Morgan fingerprint density at radius 1 is 1.31 bits per heavy atom. The first-order valence-electron chi connectivity index (χ1n) is 5.17. The molecule has 5 heteroatoms. The third-order valence-corrected chi connectivity index (χ3v) is 3.48. The van der Waals surface area contributed by atoms with E-state index in [-0.39, 0.29) is 17.7 Å². The zero-order valence-electron chi connectivity index (χ0n) is 9.08. The number of amides is 2. The maximum absolute atomic E-state index is 11.8. The maximum Gasteiger partial charge on any atom is 0.307 e. The van der Waals surface area contributed by atoms with Crippen LogP contribution in [0.15, 0.2) is 12.2 Å². The molecule has 1 saturated heterocycles. The van der Waals surface area contributed by atoms with Crippen molar-refractivity contribution in [3.05, 3.63) is 12.2 Å². The molecule has 86 valence electrons. The lowest BCUT2D eigenvalue weighted by atomic mass is 9.72. The van der Waals surface area contributed by atoms with Crippen molar-refractivity contribution in [2.45, 2.75) is 6.92 Å². The van der Waals surface area contributed by atoms with Crippen LogP contribution in [0.3, 0.4) is 0 Å². The molecule has 0 unspecified atom stereocenters. The number of carbonyl (C=O) groups excluding carboxylic acids is 2. The molecule has 2 rings (SSSR count). The summed E-state index contributed by atoms with van der Waals surface area (Å²) in [6, 6.07) is 0. The van der Waals surface area contributed by atoms with Gasteiger partial charge in [-0.1, -0.05) is 19.1 Å². The van der Waals surface area contributed by atoms with Gasteiger partial charge in [0.15, 0.2) is 0 Å². The van der Waals surface area contributed by atoms with Gasteiger partial charge in [-0.25, -0.2) is 0 Å². The summed E-state index contributed by atoms with van der Waals surface area (Å²) < 4.78 is 0. The van der Waals surface area contributed by atoms with Crippen molar-refractivity contribution >= 4 is 17.8 Å². The van der Waals surface area contributed by atoms with Gasteiger partial charge in [0.1, 0.15) is 0 Å². The van der Waals surface area contributed by atoms with E-state index in [0.717, 1.165) is 4.90 Å². The van der Waals surface area contributed by atoms with E-state index in [9.17, 15) is 14.4 Å². The van der Waals surface area contributed by atoms with E-state index in [0.29, 0.717) is 0 Å². The average Bonchev–Trinajstić information content (AvgIpc) is 2.43. The number of hydrogen-bond acceptors (Lipinski definition) is 3. The Morgan fingerprint density at radius 2 is 1.94 bits per heavy atom. The van der Waals surface area contributed by atoms with Gasteiger partial charge in [-0.15, -0.1) is 0 Å². The summed E-state index contributed by atoms with van der Waals surface area (Å²) in [4.78, 5) is 35.7. The van der Waals surface area contributed by atoms with Crippen LogP contribution in [0.5, 0.6) is 0 Å². The lowest BCUT2D eigenvalue weighted by Gasteiger charge is -2.28. The van der Waals surface area contributed by atoms with E-state index in [1.54, 1.807) is 19.1 Å². The zero-order valence-corrected chi connectivity index (χ0v) is 9.08. The molecule has 0 spiro atoms. The van der Waals surface area contributed by atoms with Crippen LogP contribution in [0.4, 0.5) is 0 Å². The summed E-state index contributed by atoms with van der Waals surface area (Å²) >= 11 is 0. The van der Waals surface area contributed by atoms with Crippen LogP contribution < -0.4 is 0 Å². The number of fused-ring (bicyclic) bond motifs is 1. The first kappa shape index (κ1) is 10.9. The molecule has 0 saturated carbocycles. The van der Waals surface area contributed by atoms with Gasteiger partial charge in [0.05, 0.1) is 17.8 Å². The third kappa shape index (κ3) is 1.27. The first-order valence-corrected chi connectivity index (χ1v) is 5.17. The highest BCUT2D eigenvalue weighted by molar-refractivity contribution is 6.07. The Hall–Kier alpha value is -1.65. The van der Waals surface area contributed by atoms with Crippen LogP contribution in [0.1, 0.15) is 6.92 Å². The van der Waals surface area contributed by atoms with Crippen molar-refractivity contribution in [1.29, 1.82) is 0 Å². The molecule has 1 aliphatic carbocycles. The van der Waals surface area contributed by atoms with E-state index >= 15 is 0 Å². The van der Waals surface area contributed by atoms with Gasteiger partial charge >= 0.3 is 5.97 Å². The summed E-state index contributed by atoms with van der Waals surface area (Å²) in [6.07, 6.45) is 3.38. The fraction of sp³-hybridized carbons (Fsp3) is 0.545. The quantitative estimate of drug-likeness (QED) is 0.506. The predicted octanol–water partition coefficient (Wildman–Crippen LogP) is 0.124. The number of carboxylic acids is 1. The molecule has 5 nitrogen and oxygen atoms in total. The number of aliphatic carboxylic acids is 1. The summed E-state index contributed by atoms with van der Waals surface area (Å²) in [5.74, 6) is -4.02. The van der Waals surface area contributed by atoms with Crippen molar-refractivity contribution in [2.75, 3.05) is 7.05 Å². The molecule has 0 bridgehead atoms. The Labute approximate surface area is 92.7 Å². The van der Waals surface area contributed by atoms with E-state index < -0.39 is 23.7 Å². The molecule has 1 fully saturated rings. The Balaban J connectivity index is 2.44. The molecule has 0 radical (unpaired) electrons. The van der Waals surface area contributed by atoms with Crippen LogP contribution in [-0.4, -0.2) is 34.8 Å². The molecular weight excluding hydrogens is 210 g/mol. The second-order valence-corrected chi connectivity index (χ2v) is 4.40. The van der Waals surface area contributed by atoms with Gasteiger partial charge in [0.2, 0.25) is 11.8 Å². The SMILES string of the molecule is C[C@@H]1C=C[C@@H]2C(=O)N(C)C(=O)[C@@H]2[C@H]1C(=O)O. The van der Waals surface area contributed by atoms with E-state index in [1.807, 2.05) is 0 Å². The monoisotopic (exact) mass is 223 g/mol. The third-order valence-electron chi connectivity index (χ3n) is 3.48. The van der Waals surface area contributed by atoms with E-state index in [4.69, 9.17) is 5.11 Å². The first-order chi connectivity index (χ1) is 7.45. The fourth-order valence-electron chi connectivity index (χ4n) is 2.56. The Bertz CT molecular complexity index is 401. The number of nitrogens with zero attached hydrogens (tertiary/aromatic N) is 1. The number of imide groups is 1. The largest absolute Gasteiger partial charge is 0.481 e. The van der Waals surface area contributed by atoms with E-state index in [1.165, 1.54) is 7.05 Å². The molecule has 2 aliphatic rings. The number of hydrogen-bond donors (Lipinski definition) is 1. The van der Waals surface area contributed by atoms with Gasteiger partial charge < -0.3 is 5.11 Å². The second-order valence-electron chi connectivity index (χ2n) is 4.40. The molecule has 0 aromatic rings. The summed E-state index contributed by atoms with van der Waals surface area (Å²) in [7, 11) is 1.40. The summed E-state index contributed by atoms with van der Waals surface area (Å²) in [5, 5.41) is 9.13. The smallest absolute Gasteiger partial charge is 0.307 e. The van der Waals surface area contributed by atoms with Crippen molar-refractivity contribution in [1.82, 2.24) is 4.90 Å².